The van der Waals surface area contributed by atoms with E-state index in [1.54, 1.807) is 26.3 Å². The van der Waals surface area contributed by atoms with Crippen LogP contribution in [0.25, 0.3) is 0 Å². The number of hydrogen-bond donors (Lipinski definition) is 0. The van der Waals surface area contributed by atoms with Gasteiger partial charge in [-0.15, -0.1) is 0 Å². The highest BCUT2D eigenvalue weighted by Gasteiger charge is 2.12. The van der Waals surface area contributed by atoms with Crippen LogP contribution in [-0.2, 0) is 4.79 Å². The summed E-state index contributed by atoms with van der Waals surface area (Å²) in [5, 5.41) is 8.48. The SMILES string of the molecule is COc1cc(Br)c(OCC(=O)N(C)CCC#N)cc1Br. The minimum atomic E-state index is -0.181. The van der Waals surface area contributed by atoms with E-state index in [-0.39, 0.29) is 12.5 Å². The number of carbonyl (C=O) groups excluding carboxylic acids is 1. The Bertz CT molecular complexity index is 529. The van der Waals surface area contributed by atoms with Gasteiger partial charge < -0.3 is 14.4 Å². The molecule has 1 aromatic rings. The molecule has 0 saturated heterocycles. The van der Waals surface area contributed by atoms with Crippen molar-refractivity contribution in [2.75, 3.05) is 27.3 Å². The number of ether oxygens (including phenoxy) is 2. The molecule has 1 amide bonds. The lowest BCUT2D eigenvalue weighted by molar-refractivity contribution is -0.132. The number of halogens is 2. The number of rotatable bonds is 6. The minimum absolute atomic E-state index is 0.0840. The fourth-order valence-corrected chi connectivity index (χ4v) is 2.29. The van der Waals surface area contributed by atoms with E-state index in [0.717, 1.165) is 4.47 Å². The predicted molar refractivity (Wildman–Crippen MR) is 81.8 cm³/mol. The Morgan fingerprint density at radius 3 is 2.55 bits per heavy atom. The van der Waals surface area contributed by atoms with Gasteiger partial charge in [-0.25, -0.2) is 0 Å². The Hall–Kier alpha value is -1.26. The standard InChI is InChI=1S/C13H14Br2N2O3/c1-17(5-3-4-16)13(18)8-20-12-7-9(14)11(19-2)6-10(12)15/h6-7H,3,5,8H2,1-2H3. The summed E-state index contributed by atoms with van der Waals surface area (Å²) in [6.07, 6.45) is 0.306. The molecule has 108 valence electrons. The van der Waals surface area contributed by atoms with Crippen LogP contribution < -0.4 is 9.47 Å². The zero-order valence-electron chi connectivity index (χ0n) is 11.2. The molecule has 0 saturated carbocycles. The van der Waals surface area contributed by atoms with Gasteiger partial charge in [-0.1, -0.05) is 0 Å². The Kier molecular flexibility index (Phi) is 6.82. The summed E-state index contributed by atoms with van der Waals surface area (Å²) in [4.78, 5) is 13.2. The maximum Gasteiger partial charge on any atom is 0.260 e. The van der Waals surface area contributed by atoms with Gasteiger partial charge in [-0.3, -0.25) is 4.79 Å². The monoisotopic (exact) mass is 404 g/mol. The molecule has 0 aliphatic heterocycles. The summed E-state index contributed by atoms with van der Waals surface area (Å²) in [5.41, 5.74) is 0. The molecule has 0 aliphatic rings. The fraction of sp³-hybridized carbons (Fsp3) is 0.385. The molecule has 20 heavy (non-hydrogen) atoms. The summed E-state index contributed by atoms with van der Waals surface area (Å²) in [5.74, 6) is 1.03. The Morgan fingerprint density at radius 2 is 1.95 bits per heavy atom. The van der Waals surface area contributed by atoms with E-state index in [1.165, 1.54) is 4.90 Å². The summed E-state index contributed by atoms with van der Waals surface area (Å²) in [6.45, 7) is 0.311. The van der Waals surface area contributed by atoms with E-state index in [1.807, 2.05) is 6.07 Å². The highest BCUT2D eigenvalue weighted by Crippen LogP contribution is 2.35. The number of nitriles is 1. The maximum absolute atomic E-state index is 11.8. The smallest absolute Gasteiger partial charge is 0.260 e. The molecule has 0 unspecified atom stereocenters. The Labute approximate surface area is 134 Å². The molecule has 0 radical (unpaired) electrons. The normalized spacial score (nSPS) is 9.75. The second-order valence-electron chi connectivity index (χ2n) is 3.93. The average Bonchev–Trinajstić information content (AvgIpc) is 2.44. The van der Waals surface area contributed by atoms with Gasteiger partial charge in [0.15, 0.2) is 6.61 Å². The molecule has 0 bridgehead atoms. The van der Waals surface area contributed by atoms with Crippen molar-refractivity contribution < 1.29 is 14.3 Å². The lowest BCUT2D eigenvalue weighted by atomic mass is 10.3. The molecule has 1 rings (SSSR count). The van der Waals surface area contributed by atoms with Gasteiger partial charge in [0.05, 0.1) is 28.5 Å². The first kappa shape index (κ1) is 16.8. The Morgan fingerprint density at radius 1 is 1.35 bits per heavy atom. The number of hydrogen-bond acceptors (Lipinski definition) is 4. The van der Waals surface area contributed by atoms with Crippen LogP contribution >= 0.6 is 31.9 Å². The third-order valence-electron chi connectivity index (χ3n) is 2.54. The fourth-order valence-electron chi connectivity index (χ4n) is 1.37. The molecular weight excluding hydrogens is 392 g/mol. The van der Waals surface area contributed by atoms with Gasteiger partial charge in [0.2, 0.25) is 0 Å². The number of benzene rings is 1. The zero-order valence-corrected chi connectivity index (χ0v) is 14.3. The zero-order chi connectivity index (χ0) is 15.1. The highest BCUT2D eigenvalue weighted by molar-refractivity contribution is 9.11. The first-order chi connectivity index (χ1) is 9.49. The number of carbonyl (C=O) groups is 1. The Balaban J connectivity index is 2.64. The van der Waals surface area contributed by atoms with Gasteiger partial charge in [-0.2, -0.15) is 5.26 Å². The van der Waals surface area contributed by atoms with Crippen LogP contribution in [0.2, 0.25) is 0 Å². The van der Waals surface area contributed by atoms with Crippen molar-refractivity contribution in [1.82, 2.24) is 4.90 Å². The van der Waals surface area contributed by atoms with Crippen LogP contribution in [0.4, 0.5) is 0 Å². The molecule has 0 aliphatic carbocycles. The van der Waals surface area contributed by atoms with Crippen molar-refractivity contribution in [3.63, 3.8) is 0 Å². The van der Waals surface area contributed by atoms with Crippen molar-refractivity contribution in [2.45, 2.75) is 6.42 Å². The van der Waals surface area contributed by atoms with Gasteiger partial charge in [0.25, 0.3) is 5.91 Å². The summed E-state index contributed by atoms with van der Waals surface area (Å²) in [7, 11) is 3.21. The van der Waals surface area contributed by atoms with Crippen molar-refractivity contribution in [3.8, 4) is 17.6 Å². The number of likely N-dealkylation sites (N-methyl/N-ethyl adjacent to an activating group) is 1. The van der Waals surface area contributed by atoms with E-state index in [4.69, 9.17) is 14.7 Å². The lowest BCUT2D eigenvalue weighted by Gasteiger charge is -2.16. The van der Waals surface area contributed by atoms with Crippen molar-refractivity contribution in [3.05, 3.63) is 21.1 Å². The molecule has 5 nitrogen and oxygen atoms in total. The van der Waals surface area contributed by atoms with Gasteiger partial charge in [0, 0.05) is 13.6 Å². The third-order valence-corrected chi connectivity index (χ3v) is 3.78. The minimum Gasteiger partial charge on any atom is -0.496 e. The summed E-state index contributed by atoms with van der Waals surface area (Å²) in [6, 6.07) is 5.48. The molecule has 7 heteroatoms. The first-order valence-corrected chi connectivity index (χ1v) is 7.35. The number of nitrogens with zero attached hydrogens (tertiary/aromatic N) is 2. The molecule has 0 aromatic heterocycles. The number of amides is 1. The van der Waals surface area contributed by atoms with Crippen LogP contribution in [0.1, 0.15) is 6.42 Å². The van der Waals surface area contributed by atoms with Crippen molar-refractivity contribution in [1.29, 1.82) is 5.26 Å². The van der Waals surface area contributed by atoms with Crippen LogP contribution in [-0.4, -0.2) is 38.1 Å². The predicted octanol–water partition coefficient (Wildman–Crippen LogP) is 2.97. The van der Waals surface area contributed by atoms with Gasteiger partial charge >= 0.3 is 0 Å². The molecule has 0 heterocycles. The second kappa shape index (κ2) is 8.12. The van der Waals surface area contributed by atoms with E-state index >= 15 is 0 Å². The van der Waals surface area contributed by atoms with Crippen LogP contribution in [0, 0.1) is 11.3 Å². The van der Waals surface area contributed by atoms with Crippen LogP contribution in [0.3, 0.4) is 0 Å². The second-order valence-corrected chi connectivity index (χ2v) is 5.64. The van der Waals surface area contributed by atoms with E-state index in [2.05, 4.69) is 31.9 Å². The molecular formula is C13H14Br2N2O3. The van der Waals surface area contributed by atoms with E-state index in [9.17, 15) is 4.79 Å². The van der Waals surface area contributed by atoms with E-state index in [0.29, 0.717) is 28.9 Å². The van der Waals surface area contributed by atoms with Crippen LogP contribution in [0.5, 0.6) is 11.5 Å². The van der Waals surface area contributed by atoms with Crippen molar-refractivity contribution in [2.24, 2.45) is 0 Å². The lowest BCUT2D eigenvalue weighted by Crippen LogP contribution is -2.32. The van der Waals surface area contributed by atoms with Crippen LogP contribution in [0.15, 0.2) is 21.1 Å². The van der Waals surface area contributed by atoms with E-state index < -0.39 is 0 Å². The summed E-state index contributed by atoms with van der Waals surface area (Å²) < 4.78 is 12.1. The topological polar surface area (TPSA) is 62.6 Å². The maximum atomic E-state index is 11.8. The van der Waals surface area contributed by atoms with Crippen molar-refractivity contribution >= 4 is 37.8 Å². The van der Waals surface area contributed by atoms with Gasteiger partial charge in [0.1, 0.15) is 11.5 Å². The molecule has 0 fully saturated rings. The average molecular weight is 406 g/mol. The largest absolute Gasteiger partial charge is 0.496 e. The molecule has 0 N–H and O–H groups in total. The van der Waals surface area contributed by atoms with Gasteiger partial charge in [-0.05, 0) is 44.0 Å². The highest BCUT2D eigenvalue weighted by atomic mass is 79.9. The summed E-state index contributed by atoms with van der Waals surface area (Å²) >= 11 is 6.71. The number of methoxy groups -OCH3 is 1. The first-order valence-electron chi connectivity index (χ1n) is 5.76. The quantitative estimate of drug-likeness (QED) is 0.729. The molecule has 0 atom stereocenters. The molecule has 0 spiro atoms. The molecule has 1 aromatic carbocycles. The third kappa shape index (κ3) is 4.69.